The monoisotopic (exact) mass is 290 g/mol. The Hall–Kier alpha value is -1.66. The Morgan fingerprint density at radius 3 is 3.19 bits per heavy atom. The van der Waals surface area contributed by atoms with Gasteiger partial charge in [-0.1, -0.05) is 6.07 Å². The van der Waals surface area contributed by atoms with Crippen molar-refractivity contribution in [3.63, 3.8) is 0 Å². The minimum atomic E-state index is -0.271. The van der Waals surface area contributed by atoms with Crippen LogP contribution < -0.4 is 11.1 Å². The van der Waals surface area contributed by atoms with Gasteiger partial charge in [-0.2, -0.15) is 0 Å². The smallest absolute Gasteiger partial charge is 0.194 e. The average Bonchev–Trinajstić information content (AvgIpc) is 3.00. The van der Waals surface area contributed by atoms with Gasteiger partial charge in [-0.15, -0.1) is 0 Å². The second kappa shape index (κ2) is 5.99. The van der Waals surface area contributed by atoms with Crippen molar-refractivity contribution in [2.45, 2.75) is 43.9 Å². The molecule has 3 atom stereocenters. The first-order chi connectivity index (χ1) is 10.2. The first-order valence-electron chi connectivity index (χ1n) is 7.51. The summed E-state index contributed by atoms with van der Waals surface area (Å²) in [6.45, 7) is 3.49. The molecule has 1 aliphatic heterocycles. The van der Waals surface area contributed by atoms with Gasteiger partial charge in [-0.25, -0.2) is 9.98 Å². The van der Waals surface area contributed by atoms with Crippen molar-refractivity contribution in [2.24, 2.45) is 10.7 Å². The summed E-state index contributed by atoms with van der Waals surface area (Å²) in [4.78, 5) is 8.76. The van der Waals surface area contributed by atoms with E-state index in [1.54, 1.807) is 6.20 Å². The number of ether oxygens (including phenoxy) is 2. The third kappa shape index (κ3) is 2.73. The van der Waals surface area contributed by atoms with Gasteiger partial charge in [-0.3, -0.25) is 0 Å². The van der Waals surface area contributed by atoms with Gasteiger partial charge in [0.1, 0.15) is 11.4 Å². The number of nitrogens with one attached hydrogen (secondary N) is 1. The van der Waals surface area contributed by atoms with Crippen LogP contribution in [0.3, 0.4) is 0 Å². The van der Waals surface area contributed by atoms with Gasteiger partial charge < -0.3 is 20.5 Å². The summed E-state index contributed by atoms with van der Waals surface area (Å²) in [7, 11) is 0. The molecule has 3 N–H and O–H groups in total. The molecule has 3 unspecified atom stereocenters. The highest BCUT2D eigenvalue weighted by atomic mass is 16.6. The molecule has 114 valence electrons. The molecule has 1 saturated carbocycles. The highest BCUT2D eigenvalue weighted by Crippen LogP contribution is 2.47. The Morgan fingerprint density at radius 1 is 1.62 bits per heavy atom. The number of hydrogen-bond acceptors (Lipinski definition) is 4. The van der Waals surface area contributed by atoms with Gasteiger partial charge in [0.2, 0.25) is 0 Å². The lowest BCUT2D eigenvalue weighted by Gasteiger charge is -2.50. The fourth-order valence-corrected chi connectivity index (χ4v) is 3.20. The van der Waals surface area contributed by atoms with Gasteiger partial charge in [0.25, 0.3) is 0 Å². The first kappa shape index (κ1) is 14.3. The first-order valence-corrected chi connectivity index (χ1v) is 7.51. The van der Waals surface area contributed by atoms with E-state index < -0.39 is 0 Å². The third-order valence-corrected chi connectivity index (χ3v) is 4.21. The Bertz CT molecular complexity index is 500. The standard InChI is InChI=1S/C15H22N4O2/c1-2-20-12-10-11(15(12)7-5-9-21-15)18-14(16)19-13-6-3-4-8-17-13/h3-4,6,8,11-12H,2,5,7,9-10H2,1H3,(H3,16,17,18,19). The van der Waals surface area contributed by atoms with Gasteiger partial charge >= 0.3 is 0 Å². The Morgan fingerprint density at radius 2 is 2.52 bits per heavy atom. The molecule has 0 aromatic carbocycles. The van der Waals surface area contributed by atoms with Crippen molar-refractivity contribution in [3.05, 3.63) is 24.4 Å². The molecule has 6 nitrogen and oxygen atoms in total. The largest absolute Gasteiger partial charge is 0.375 e. The van der Waals surface area contributed by atoms with Crippen LogP contribution in [-0.2, 0) is 9.47 Å². The SMILES string of the molecule is CCOC1CC(N=C(N)Nc2ccccn2)C12CCCO2. The summed E-state index contributed by atoms with van der Waals surface area (Å²) >= 11 is 0. The van der Waals surface area contributed by atoms with Crippen LogP contribution in [0.25, 0.3) is 0 Å². The normalized spacial score (nSPS) is 32.1. The molecular formula is C15H22N4O2. The van der Waals surface area contributed by atoms with Crippen LogP contribution in [0, 0.1) is 0 Å². The summed E-state index contributed by atoms with van der Waals surface area (Å²) < 4.78 is 11.8. The van der Waals surface area contributed by atoms with Crippen LogP contribution in [0.1, 0.15) is 26.2 Å². The number of nitrogens with zero attached hydrogens (tertiary/aromatic N) is 2. The molecule has 1 aliphatic carbocycles. The molecular weight excluding hydrogens is 268 g/mol. The topological polar surface area (TPSA) is 81.8 Å². The van der Waals surface area contributed by atoms with Crippen LogP contribution in [0.2, 0.25) is 0 Å². The number of nitrogens with two attached hydrogens (primary N) is 1. The second-order valence-corrected chi connectivity index (χ2v) is 5.46. The molecule has 2 fully saturated rings. The van der Waals surface area contributed by atoms with Gasteiger partial charge in [-0.05, 0) is 31.9 Å². The lowest BCUT2D eigenvalue weighted by atomic mass is 9.70. The van der Waals surface area contributed by atoms with Crippen molar-refractivity contribution in [2.75, 3.05) is 18.5 Å². The van der Waals surface area contributed by atoms with Gasteiger partial charge in [0, 0.05) is 25.8 Å². The Balaban J connectivity index is 1.68. The number of guanidine groups is 1. The predicted molar refractivity (Wildman–Crippen MR) is 81.2 cm³/mol. The molecule has 1 aromatic heterocycles. The van der Waals surface area contributed by atoms with Crippen LogP contribution in [0.15, 0.2) is 29.4 Å². The molecule has 0 amide bonds. The molecule has 6 heteroatoms. The highest BCUT2D eigenvalue weighted by Gasteiger charge is 2.59. The van der Waals surface area contributed by atoms with Crippen molar-refractivity contribution in [3.8, 4) is 0 Å². The van der Waals surface area contributed by atoms with E-state index in [9.17, 15) is 0 Å². The number of pyridine rings is 1. The van der Waals surface area contributed by atoms with Gasteiger partial charge in [0.15, 0.2) is 5.96 Å². The van der Waals surface area contributed by atoms with Crippen molar-refractivity contribution in [1.82, 2.24) is 4.98 Å². The fraction of sp³-hybridized carbons (Fsp3) is 0.600. The Kier molecular flexibility index (Phi) is 4.07. The molecule has 3 rings (SSSR count). The molecule has 21 heavy (non-hydrogen) atoms. The number of aromatic nitrogens is 1. The van der Waals surface area contributed by atoms with Crippen molar-refractivity contribution >= 4 is 11.8 Å². The zero-order valence-electron chi connectivity index (χ0n) is 12.3. The van der Waals surface area contributed by atoms with E-state index in [0.717, 1.165) is 25.9 Å². The lowest BCUT2D eigenvalue weighted by molar-refractivity contribution is -0.188. The van der Waals surface area contributed by atoms with Crippen LogP contribution in [0.4, 0.5) is 5.82 Å². The number of hydrogen-bond donors (Lipinski definition) is 2. The maximum atomic E-state index is 5.99. The quantitative estimate of drug-likeness (QED) is 0.649. The van der Waals surface area contributed by atoms with Crippen LogP contribution >= 0.6 is 0 Å². The summed E-state index contributed by atoms with van der Waals surface area (Å²) in [6.07, 6.45) is 4.76. The number of anilines is 1. The molecule has 0 radical (unpaired) electrons. The van der Waals surface area contributed by atoms with E-state index in [-0.39, 0.29) is 17.7 Å². The molecule has 2 aliphatic rings. The van der Waals surface area contributed by atoms with E-state index in [1.165, 1.54) is 0 Å². The van der Waals surface area contributed by atoms with E-state index >= 15 is 0 Å². The molecule has 1 saturated heterocycles. The maximum absolute atomic E-state index is 5.99. The third-order valence-electron chi connectivity index (χ3n) is 4.21. The molecule has 1 spiro atoms. The number of aliphatic imine (C=N–C) groups is 1. The van der Waals surface area contributed by atoms with E-state index in [1.807, 2.05) is 25.1 Å². The zero-order chi connectivity index (χ0) is 14.7. The van der Waals surface area contributed by atoms with E-state index in [0.29, 0.717) is 18.4 Å². The van der Waals surface area contributed by atoms with Crippen molar-refractivity contribution in [1.29, 1.82) is 0 Å². The van der Waals surface area contributed by atoms with E-state index in [2.05, 4.69) is 15.3 Å². The van der Waals surface area contributed by atoms with E-state index in [4.69, 9.17) is 15.2 Å². The van der Waals surface area contributed by atoms with Gasteiger partial charge in [0.05, 0.1) is 12.1 Å². The zero-order valence-corrected chi connectivity index (χ0v) is 12.3. The summed E-state index contributed by atoms with van der Waals surface area (Å²) in [5.41, 5.74) is 5.72. The fourth-order valence-electron chi connectivity index (χ4n) is 3.20. The molecule has 0 bridgehead atoms. The van der Waals surface area contributed by atoms with Crippen LogP contribution in [-0.4, -0.2) is 41.9 Å². The van der Waals surface area contributed by atoms with Crippen molar-refractivity contribution < 1.29 is 9.47 Å². The predicted octanol–water partition coefficient (Wildman–Crippen LogP) is 1.53. The summed E-state index contributed by atoms with van der Waals surface area (Å²) in [5, 5.41) is 3.01. The summed E-state index contributed by atoms with van der Waals surface area (Å²) in [5.74, 6) is 1.07. The average molecular weight is 290 g/mol. The highest BCUT2D eigenvalue weighted by molar-refractivity contribution is 5.91. The van der Waals surface area contributed by atoms with Crippen LogP contribution in [0.5, 0.6) is 0 Å². The number of rotatable bonds is 4. The molecule has 1 aromatic rings. The minimum Gasteiger partial charge on any atom is -0.375 e. The minimum absolute atomic E-state index is 0.0627. The Labute approximate surface area is 124 Å². The summed E-state index contributed by atoms with van der Waals surface area (Å²) in [6, 6.07) is 5.68. The maximum Gasteiger partial charge on any atom is 0.194 e. The molecule has 2 heterocycles. The lowest BCUT2D eigenvalue weighted by Crippen LogP contribution is -2.63. The second-order valence-electron chi connectivity index (χ2n) is 5.46.